The monoisotopic (exact) mass is 250 g/mol. The van der Waals surface area contributed by atoms with E-state index in [0.29, 0.717) is 13.5 Å². The Morgan fingerprint density at radius 3 is 1.38 bits per heavy atom. The van der Waals surface area contributed by atoms with Crippen molar-refractivity contribution in [1.29, 1.82) is 0 Å². The third-order valence-electron chi connectivity index (χ3n) is 2.59. The van der Waals surface area contributed by atoms with Gasteiger partial charge in [0.15, 0.2) is 0 Å². The molecule has 0 spiro atoms. The zero-order valence-electron chi connectivity index (χ0n) is 11.0. The van der Waals surface area contributed by atoms with Crippen LogP contribution in [0, 0.1) is 0 Å². The van der Waals surface area contributed by atoms with Gasteiger partial charge in [-0.05, 0) is 26.2 Å². The molecule has 4 nitrogen and oxygen atoms in total. The molecular weight excluding hydrogens is 224 g/mol. The van der Waals surface area contributed by atoms with Crippen molar-refractivity contribution in [2.45, 2.75) is 33.3 Å². The highest BCUT2D eigenvalue weighted by atomic mass is 32.1. The molecule has 0 aromatic carbocycles. The number of ether oxygens (including phenoxy) is 2. The summed E-state index contributed by atoms with van der Waals surface area (Å²) in [5, 5.41) is 0. The van der Waals surface area contributed by atoms with Crippen LogP contribution < -0.4 is 0 Å². The van der Waals surface area contributed by atoms with Gasteiger partial charge in [-0.1, -0.05) is 27.7 Å². The van der Waals surface area contributed by atoms with Crippen molar-refractivity contribution < 1.29 is 9.47 Å². The summed E-state index contributed by atoms with van der Waals surface area (Å²) in [4.78, 5) is 4.34. The summed E-state index contributed by atoms with van der Waals surface area (Å²) in [6.07, 6.45) is 0. The predicted octanol–water partition coefficient (Wildman–Crippen LogP) is 1.83. The molecule has 0 aromatic rings. The van der Waals surface area contributed by atoms with Gasteiger partial charge in [0.1, 0.15) is 13.5 Å². The van der Waals surface area contributed by atoms with Crippen molar-refractivity contribution in [3.05, 3.63) is 0 Å². The summed E-state index contributed by atoms with van der Waals surface area (Å²) in [5.74, 6) is 0. The van der Waals surface area contributed by atoms with Crippen LogP contribution in [-0.4, -0.2) is 55.1 Å². The van der Waals surface area contributed by atoms with Crippen LogP contribution in [0.5, 0.6) is 0 Å². The molecule has 0 aromatic heterocycles. The van der Waals surface area contributed by atoms with Gasteiger partial charge >= 0.3 is 0 Å². The standard InChI is InChI=1S/C11H26N2O2S/c1-5-12(6-2)9-14-11(16)15-10-13(7-3)8-4/h11,16H,5-10H2,1-4H3. The number of hydrogen-bond donors (Lipinski definition) is 1. The number of rotatable bonds is 10. The Bertz CT molecular complexity index is 137. The highest BCUT2D eigenvalue weighted by Crippen LogP contribution is 2.02. The van der Waals surface area contributed by atoms with Gasteiger partial charge in [-0.3, -0.25) is 9.80 Å². The van der Waals surface area contributed by atoms with Crippen molar-refractivity contribution in [1.82, 2.24) is 9.80 Å². The Morgan fingerprint density at radius 2 is 1.12 bits per heavy atom. The molecule has 0 aliphatic carbocycles. The third-order valence-corrected chi connectivity index (χ3v) is 2.89. The molecule has 98 valence electrons. The second-order valence-corrected chi connectivity index (χ2v) is 3.93. The van der Waals surface area contributed by atoms with Crippen molar-refractivity contribution in [3.63, 3.8) is 0 Å². The van der Waals surface area contributed by atoms with E-state index in [-0.39, 0.29) is 0 Å². The molecule has 0 radical (unpaired) electrons. The zero-order chi connectivity index (χ0) is 12.4. The molecule has 0 N–H and O–H groups in total. The Morgan fingerprint density at radius 1 is 0.812 bits per heavy atom. The quantitative estimate of drug-likeness (QED) is 0.472. The first-order valence-electron chi connectivity index (χ1n) is 6.03. The summed E-state index contributed by atoms with van der Waals surface area (Å²) in [6, 6.07) is 0. The first kappa shape index (κ1) is 16.2. The molecule has 0 atom stereocenters. The SMILES string of the molecule is CCN(CC)COC(S)OCN(CC)CC. The van der Waals surface area contributed by atoms with Crippen LogP contribution in [0.3, 0.4) is 0 Å². The molecule has 0 aliphatic heterocycles. The van der Waals surface area contributed by atoms with Gasteiger partial charge in [-0.25, -0.2) is 0 Å². The molecule has 0 unspecified atom stereocenters. The van der Waals surface area contributed by atoms with E-state index in [1.54, 1.807) is 0 Å². The topological polar surface area (TPSA) is 24.9 Å². The largest absolute Gasteiger partial charge is 0.328 e. The lowest BCUT2D eigenvalue weighted by molar-refractivity contribution is -0.135. The molecule has 0 fully saturated rings. The minimum atomic E-state index is -0.443. The minimum absolute atomic E-state index is 0.443. The van der Waals surface area contributed by atoms with Crippen molar-refractivity contribution >= 4 is 12.6 Å². The summed E-state index contributed by atoms with van der Waals surface area (Å²) >= 11 is 4.24. The molecule has 16 heavy (non-hydrogen) atoms. The zero-order valence-corrected chi connectivity index (χ0v) is 11.9. The van der Waals surface area contributed by atoms with Gasteiger partial charge in [-0.15, -0.1) is 12.6 Å². The average Bonchev–Trinajstić information content (AvgIpc) is 2.31. The van der Waals surface area contributed by atoms with Crippen LogP contribution in [0.15, 0.2) is 0 Å². The third kappa shape index (κ3) is 7.46. The maximum Gasteiger partial charge on any atom is 0.206 e. The average molecular weight is 250 g/mol. The Balaban J connectivity index is 3.61. The van der Waals surface area contributed by atoms with E-state index in [1.807, 2.05) is 0 Å². The smallest absolute Gasteiger partial charge is 0.206 e. The summed E-state index contributed by atoms with van der Waals surface area (Å²) in [6.45, 7) is 13.5. The normalized spacial score (nSPS) is 12.0. The second kappa shape index (κ2) is 10.4. The molecule has 0 heterocycles. The fourth-order valence-corrected chi connectivity index (χ4v) is 1.33. The Kier molecular flexibility index (Phi) is 10.5. The number of nitrogens with zero attached hydrogens (tertiary/aromatic N) is 2. The van der Waals surface area contributed by atoms with Gasteiger partial charge in [0.25, 0.3) is 0 Å². The number of thiol groups is 1. The second-order valence-electron chi connectivity index (χ2n) is 3.51. The fraction of sp³-hybridized carbons (Fsp3) is 1.00. The van der Waals surface area contributed by atoms with Crippen LogP contribution in [0.1, 0.15) is 27.7 Å². The molecule has 0 amide bonds. The van der Waals surface area contributed by atoms with Gasteiger partial charge in [0.05, 0.1) is 0 Å². The summed E-state index contributed by atoms with van der Waals surface area (Å²) in [5.41, 5.74) is -0.443. The van der Waals surface area contributed by atoms with Crippen LogP contribution in [0.4, 0.5) is 0 Å². The lowest BCUT2D eigenvalue weighted by atomic mass is 10.6. The summed E-state index contributed by atoms with van der Waals surface area (Å²) in [7, 11) is 0. The maximum atomic E-state index is 5.47. The van der Waals surface area contributed by atoms with E-state index < -0.39 is 5.62 Å². The fourth-order valence-electron chi connectivity index (χ4n) is 1.20. The molecule has 5 heteroatoms. The summed E-state index contributed by atoms with van der Waals surface area (Å²) < 4.78 is 10.9. The van der Waals surface area contributed by atoms with Crippen LogP contribution in [0.25, 0.3) is 0 Å². The van der Waals surface area contributed by atoms with E-state index in [0.717, 1.165) is 26.2 Å². The van der Waals surface area contributed by atoms with Gasteiger partial charge in [-0.2, -0.15) is 0 Å². The van der Waals surface area contributed by atoms with Crippen LogP contribution >= 0.6 is 12.6 Å². The molecule has 0 bridgehead atoms. The van der Waals surface area contributed by atoms with E-state index >= 15 is 0 Å². The molecule has 0 aliphatic rings. The Labute approximate surface area is 105 Å². The van der Waals surface area contributed by atoms with E-state index in [2.05, 4.69) is 50.1 Å². The first-order valence-corrected chi connectivity index (χ1v) is 6.55. The van der Waals surface area contributed by atoms with Crippen LogP contribution in [0.2, 0.25) is 0 Å². The highest BCUT2D eigenvalue weighted by molar-refractivity contribution is 7.80. The molecule has 0 saturated carbocycles. The molecule has 0 rings (SSSR count). The maximum absolute atomic E-state index is 5.47. The first-order chi connectivity index (χ1) is 7.67. The van der Waals surface area contributed by atoms with E-state index in [1.165, 1.54) is 0 Å². The minimum Gasteiger partial charge on any atom is -0.328 e. The van der Waals surface area contributed by atoms with E-state index in [4.69, 9.17) is 9.47 Å². The molecule has 0 saturated heterocycles. The number of hydrogen-bond acceptors (Lipinski definition) is 5. The van der Waals surface area contributed by atoms with Crippen molar-refractivity contribution in [2.24, 2.45) is 0 Å². The van der Waals surface area contributed by atoms with Crippen molar-refractivity contribution in [2.75, 3.05) is 39.6 Å². The van der Waals surface area contributed by atoms with Gasteiger partial charge in [0, 0.05) is 0 Å². The van der Waals surface area contributed by atoms with E-state index in [9.17, 15) is 0 Å². The van der Waals surface area contributed by atoms with Gasteiger partial charge < -0.3 is 9.47 Å². The van der Waals surface area contributed by atoms with Gasteiger partial charge in [0.2, 0.25) is 5.62 Å². The van der Waals surface area contributed by atoms with Crippen LogP contribution in [-0.2, 0) is 9.47 Å². The predicted molar refractivity (Wildman–Crippen MR) is 70.5 cm³/mol. The Hall–Kier alpha value is 0.190. The molecular formula is C11H26N2O2S. The lowest BCUT2D eigenvalue weighted by Gasteiger charge is -2.23. The van der Waals surface area contributed by atoms with Crippen molar-refractivity contribution in [3.8, 4) is 0 Å². The highest BCUT2D eigenvalue weighted by Gasteiger charge is 2.07. The lowest BCUT2D eigenvalue weighted by Crippen LogP contribution is -2.31.